The lowest BCUT2D eigenvalue weighted by atomic mass is 9.86. The first kappa shape index (κ1) is 17.2. The first-order chi connectivity index (χ1) is 11.7. The summed E-state index contributed by atoms with van der Waals surface area (Å²) in [6.45, 7) is 1.27. The molecule has 24 heavy (non-hydrogen) atoms. The molecule has 1 fully saturated rings. The zero-order valence-electron chi connectivity index (χ0n) is 14.7. The third-order valence-corrected chi connectivity index (χ3v) is 5.52. The summed E-state index contributed by atoms with van der Waals surface area (Å²) >= 11 is 0. The number of aryl methyl sites for hydroxylation is 1. The molecule has 0 radical (unpaired) electrons. The Balaban J connectivity index is 1.59. The average Bonchev–Trinajstić information content (AvgIpc) is 2.99. The van der Waals surface area contributed by atoms with E-state index in [9.17, 15) is 9.90 Å². The number of carbonyl (C=O) groups excluding carboxylic acids is 1. The highest BCUT2D eigenvalue weighted by atomic mass is 16.3. The fraction of sp³-hybridized carbons (Fsp3) is 0.684. The van der Waals surface area contributed by atoms with Gasteiger partial charge < -0.3 is 10.0 Å². The molecule has 132 valence electrons. The van der Waals surface area contributed by atoms with E-state index in [-0.39, 0.29) is 11.8 Å². The Bertz CT molecular complexity index is 585. The number of rotatable bonds is 3. The Hall–Kier alpha value is -1.62. The molecule has 2 heterocycles. The van der Waals surface area contributed by atoms with E-state index in [1.54, 1.807) is 6.20 Å². The molecule has 1 unspecified atom stereocenters. The highest BCUT2D eigenvalue weighted by molar-refractivity contribution is 5.82. The fourth-order valence-corrected chi connectivity index (χ4v) is 3.98. The van der Waals surface area contributed by atoms with Gasteiger partial charge in [-0.05, 0) is 36.8 Å². The van der Waals surface area contributed by atoms with E-state index >= 15 is 0 Å². The Morgan fingerprint density at radius 2 is 1.96 bits per heavy atom. The quantitative estimate of drug-likeness (QED) is 0.926. The minimum atomic E-state index is -0.824. The Labute approximate surface area is 144 Å². The maximum Gasteiger partial charge on any atom is 0.251 e. The van der Waals surface area contributed by atoms with Crippen LogP contribution < -0.4 is 0 Å². The molecule has 3 rings (SSSR count). The summed E-state index contributed by atoms with van der Waals surface area (Å²) in [5.74, 6) is 0.0566. The summed E-state index contributed by atoms with van der Waals surface area (Å²) in [4.78, 5) is 14.5. The molecule has 1 saturated carbocycles. The molecule has 0 spiro atoms. The topological polar surface area (TPSA) is 58.4 Å². The SMILES string of the molecule is Cn1nccc1C1=CCN(C(=O)C(O)C2CCCCCCC2)CC1. The first-order valence-corrected chi connectivity index (χ1v) is 9.31. The van der Waals surface area contributed by atoms with Crippen molar-refractivity contribution in [1.29, 1.82) is 0 Å². The van der Waals surface area contributed by atoms with E-state index in [0.717, 1.165) is 37.8 Å². The van der Waals surface area contributed by atoms with Crippen LogP contribution in [-0.2, 0) is 11.8 Å². The van der Waals surface area contributed by atoms with Gasteiger partial charge in [-0.1, -0.05) is 38.2 Å². The van der Waals surface area contributed by atoms with Crippen LogP contribution in [0.25, 0.3) is 5.57 Å². The molecule has 1 N–H and O–H groups in total. The Morgan fingerprint density at radius 1 is 1.25 bits per heavy atom. The van der Waals surface area contributed by atoms with Gasteiger partial charge in [-0.3, -0.25) is 9.48 Å². The van der Waals surface area contributed by atoms with Crippen molar-refractivity contribution < 1.29 is 9.90 Å². The lowest BCUT2D eigenvalue weighted by Crippen LogP contribution is -2.44. The largest absolute Gasteiger partial charge is 0.383 e. The summed E-state index contributed by atoms with van der Waals surface area (Å²) < 4.78 is 1.87. The standard InChI is InChI=1S/C19H29N3O2/c1-21-17(9-12-20-21)15-10-13-22(14-11-15)19(24)18(23)16-7-5-3-2-4-6-8-16/h9-10,12,16,18,23H,2-8,11,13-14H2,1H3. The van der Waals surface area contributed by atoms with Crippen LogP contribution in [0.4, 0.5) is 0 Å². The number of aliphatic hydroxyl groups is 1. The number of aromatic nitrogens is 2. The van der Waals surface area contributed by atoms with Gasteiger partial charge >= 0.3 is 0 Å². The van der Waals surface area contributed by atoms with Crippen molar-refractivity contribution in [3.63, 3.8) is 0 Å². The molecular formula is C19H29N3O2. The molecule has 5 nitrogen and oxygen atoms in total. The fourth-order valence-electron chi connectivity index (χ4n) is 3.98. The highest BCUT2D eigenvalue weighted by Gasteiger charge is 2.30. The predicted octanol–water partition coefficient (Wildman–Crippen LogP) is 2.76. The maximum absolute atomic E-state index is 12.7. The van der Waals surface area contributed by atoms with Crippen LogP contribution in [0.1, 0.15) is 57.1 Å². The molecule has 1 aromatic rings. The van der Waals surface area contributed by atoms with Crippen LogP contribution in [0.3, 0.4) is 0 Å². The molecule has 0 saturated heterocycles. The number of carbonyl (C=O) groups is 1. The van der Waals surface area contributed by atoms with E-state index < -0.39 is 6.10 Å². The van der Waals surface area contributed by atoms with Gasteiger partial charge in [0, 0.05) is 26.3 Å². The molecule has 1 amide bonds. The molecule has 5 heteroatoms. The van der Waals surface area contributed by atoms with Gasteiger partial charge in [0.15, 0.2) is 0 Å². The molecule has 1 aliphatic carbocycles. The van der Waals surface area contributed by atoms with Crippen molar-refractivity contribution in [3.05, 3.63) is 24.0 Å². The average molecular weight is 331 g/mol. The van der Waals surface area contributed by atoms with Gasteiger partial charge in [-0.15, -0.1) is 0 Å². The lowest BCUT2D eigenvalue weighted by molar-refractivity contribution is -0.143. The van der Waals surface area contributed by atoms with Crippen molar-refractivity contribution in [1.82, 2.24) is 14.7 Å². The van der Waals surface area contributed by atoms with E-state index in [4.69, 9.17) is 0 Å². The normalized spacial score (nSPS) is 21.8. The van der Waals surface area contributed by atoms with E-state index in [2.05, 4.69) is 11.2 Å². The van der Waals surface area contributed by atoms with Crippen LogP contribution in [0.5, 0.6) is 0 Å². The van der Waals surface area contributed by atoms with Crippen molar-refractivity contribution in [2.24, 2.45) is 13.0 Å². The van der Waals surface area contributed by atoms with Crippen molar-refractivity contribution >= 4 is 11.5 Å². The van der Waals surface area contributed by atoms with E-state index in [1.807, 2.05) is 22.7 Å². The Kier molecular flexibility index (Phi) is 5.72. The molecule has 1 atom stereocenters. The molecule has 2 aliphatic rings. The molecule has 1 aromatic heterocycles. The summed E-state index contributed by atoms with van der Waals surface area (Å²) in [7, 11) is 1.94. The third-order valence-electron chi connectivity index (χ3n) is 5.52. The van der Waals surface area contributed by atoms with Gasteiger partial charge in [0.1, 0.15) is 6.10 Å². The molecule has 1 aliphatic heterocycles. The highest BCUT2D eigenvalue weighted by Crippen LogP contribution is 2.27. The van der Waals surface area contributed by atoms with Crippen LogP contribution in [-0.4, -0.2) is 44.9 Å². The summed E-state index contributed by atoms with van der Waals surface area (Å²) in [6.07, 6.45) is 11.9. The number of amides is 1. The number of aliphatic hydroxyl groups excluding tert-OH is 1. The van der Waals surface area contributed by atoms with Crippen LogP contribution in [0.15, 0.2) is 18.3 Å². The summed E-state index contributed by atoms with van der Waals surface area (Å²) in [6, 6.07) is 2.01. The number of hydrogen-bond acceptors (Lipinski definition) is 3. The second-order valence-electron chi connectivity index (χ2n) is 7.15. The lowest BCUT2D eigenvalue weighted by Gasteiger charge is -2.31. The van der Waals surface area contributed by atoms with Gasteiger partial charge in [-0.25, -0.2) is 0 Å². The monoisotopic (exact) mass is 331 g/mol. The Morgan fingerprint density at radius 3 is 2.54 bits per heavy atom. The van der Waals surface area contributed by atoms with Crippen LogP contribution >= 0.6 is 0 Å². The predicted molar refractivity (Wildman–Crippen MR) is 94.2 cm³/mol. The van der Waals surface area contributed by atoms with Crippen molar-refractivity contribution in [3.8, 4) is 0 Å². The zero-order chi connectivity index (χ0) is 16.9. The summed E-state index contributed by atoms with van der Waals surface area (Å²) in [5, 5.41) is 14.8. The molecule has 0 aromatic carbocycles. The van der Waals surface area contributed by atoms with E-state index in [0.29, 0.717) is 13.1 Å². The van der Waals surface area contributed by atoms with Crippen molar-refractivity contribution in [2.45, 2.75) is 57.5 Å². The third kappa shape index (κ3) is 3.89. The smallest absolute Gasteiger partial charge is 0.251 e. The van der Waals surface area contributed by atoms with Gasteiger partial charge in [0.25, 0.3) is 5.91 Å². The van der Waals surface area contributed by atoms with Crippen molar-refractivity contribution in [2.75, 3.05) is 13.1 Å². The summed E-state index contributed by atoms with van der Waals surface area (Å²) in [5.41, 5.74) is 2.35. The zero-order valence-corrected chi connectivity index (χ0v) is 14.7. The van der Waals surface area contributed by atoms with Gasteiger partial charge in [0.05, 0.1) is 5.69 Å². The number of nitrogens with zero attached hydrogens (tertiary/aromatic N) is 3. The van der Waals surface area contributed by atoms with Crippen LogP contribution in [0, 0.1) is 5.92 Å². The second-order valence-corrected chi connectivity index (χ2v) is 7.15. The minimum Gasteiger partial charge on any atom is -0.383 e. The molecular weight excluding hydrogens is 302 g/mol. The number of hydrogen-bond donors (Lipinski definition) is 1. The van der Waals surface area contributed by atoms with Gasteiger partial charge in [-0.2, -0.15) is 5.10 Å². The minimum absolute atomic E-state index is 0.0825. The second kappa shape index (κ2) is 7.97. The first-order valence-electron chi connectivity index (χ1n) is 9.31. The van der Waals surface area contributed by atoms with Crippen LogP contribution in [0.2, 0.25) is 0 Å². The molecule has 0 bridgehead atoms. The maximum atomic E-state index is 12.7. The van der Waals surface area contributed by atoms with E-state index in [1.165, 1.54) is 24.8 Å². The van der Waals surface area contributed by atoms with Gasteiger partial charge in [0.2, 0.25) is 0 Å².